The minimum absolute atomic E-state index is 0.0175. The SMILES string of the molecule is COc1ccc(C(CO)C(=O)N2CC(=C3CN(Sc4ccccn4)C3)C2)cc1. The molecule has 0 radical (unpaired) electrons. The van der Waals surface area contributed by atoms with Crippen LogP contribution in [0.5, 0.6) is 5.75 Å². The zero-order valence-electron chi connectivity index (χ0n) is 15.7. The second kappa shape index (κ2) is 8.34. The highest BCUT2D eigenvalue weighted by atomic mass is 32.2. The number of carbonyl (C=O) groups excluding carboxylic acids is 1. The first kappa shape index (κ1) is 19.0. The standard InChI is InChI=1S/C21H23N3O3S/c1-27-18-7-5-15(6-8-18)19(14-25)21(26)23-10-16(11-23)17-12-24(13-17)28-20-4-2-3-9-22-20/h2-9,19,25H,10-14H2,1H3. The summed E-state index contributed by atoms with van der Waals surface area (Å²) in [4.78, 5) is 18.9. The Balaban J connectivity index is 1.30. The topological polar surface area (TPSA) is 65.9 Å². The number of benzene rings is 1. The summed E-state index contributed by atoms with van der Waals surface area (Å²) in [5, 5.41) is 10.7. The minimum Gasteiger partial charge on any atom is -0.497 e. The molecule has 0 spiro atoms. The third-order valence-electron chi connectivity index (χ3n) is 5.17. The molecule has 2 aliphatic rings. The first-order chi connectivity index (χ1) is 13.7. The second-order valence-corrected chi connectivity index (χ2v) is 8.08. The van der Waals surface area contributed by atoms with Crippen LogP contribution in [-0.2, 0) is 4.79 Å². The number of amides is 1. The molecule has 1 N–H and O–H groups in total. The monoisotopic (exact) mass is 397 g/mol. The highest BCUT2D eigenvalue weighted by Crippen LogP contribution is 2.34. The van der Waals surface area contributed by atoms with Gasteiger partial charge < -0.3 is 14.7 Å². The third kappa shape index (κ3) is 3.92. The van der Waals surface area contributed by atoms with Gasteiger partial charge in [0.25, 0.3) is 0 Å². The molecule has 2 fully saturated rings. The summed E-state index contributed by atoms with van der Waals surface area (Å²) in [5.41, 5.74) is 3.58. The molecule has 0 bridgehead atoms. The number of likely N-dealkylation sites (tertiary alicyclic amines) is 1. The van der Waals surface area contributed by atoms with Crippen molar-refractivity contribution in [3.05, 3.63) is 65.4 Å². The molecule has 1 unspecified atom stereocenters. The van der Waals surface area contributed by atoms with Gasteiger partial charge in [0.05, 0.1) is 19.6 Å². The minimum atomic E-state index is -0.518. The predicted molar refractivity (Wildman–Crippen MR) is 108 cm³/mol. The second-order valence-electron chi connectivity index (χ2n) is 6.97. The normalized spacial score (nSPS) is 17.7. The Labute approximate surface area is 169 Å². The van der Waals surface area contributed by atoms with E-state index >= 15 is 0 Å². The lowest BCUT2D eigenvalue weighted by Crippen LogP contribution is -2.50. The number of ether oxygens (including phenoxy) is 1. The Kier molecular flexibility index (Phi) is 5.66. The smallest absolute Gasteiger partial charge is 0.233 e. The van der Waals surface area contributed by atoms with Gasteiger partial charge in [0.2, 0.25) is 5.91 Å². The van der Waals surface area contributed by atoms with E-state index in [2.05, 4.69) is 9.29 Å². The Morgan fingerprint density at radius 2 is 1.86 bits per heavy atom. The fourth-order valence-electron chi connectivity index (χ4n) is 3.38. The lowest BCUT2D eigenvalue weighted by Gasteiger charge is -2.42. The van der Waals surface area contributed by atoms with E-state index in [0.29, 0.717) is 13.1 Å². The van der Waals surface area contributed by atoms with Crippen LogP contribution in [0.25, 0.3) is 0 Å². The fraction of sp³-hybridized carbons (Fsp3) is 0.333. The first-order valence-electron chi connectivity index (χ1n) is 9.25. The van der Waals surface area contributed by atoms with Gasteiger partial charge in [0.1, 0.15) is 10.8 Å². The number of hydrogen-bond donors (Lipinski definition) is 1. The molecule has 4 rings (SSSR count). The van der Waals surface area contributed by atoms with E-state index in [1.807, 2.05) is 47.4 Å². The Hall–Kier alpha value is -2.35. The quantitative estimate of drug-likeness (QED) is 0.596. The van der Waals surface area contributed by atoms with Crippen LogP contribution in [-0.4, -0.2) is 65.1 Å². The van der Waals surface area contributed by atoms with Gasteiger partial charge in [-0.3, -0.25) is 4.79 Å². The summed E-state index contributed by atoms with van der Waals surface area (Å²) in [7, 11) is 1.61. The van der Waals surface area contributed by atoms with Crippen LogP contribution in [0.15, 0.2) is 64.8 Å². The van der Waals surface area contributed by atoms with E-state index in [9.17, 15) is 9.90 Å². The number of rotatable bonds is 6. The number of aliphatic hydroxyl groups is 1. The number of aliphatic hydroxyl groups excluding tert-OH is 1. The maximum atomic E-state index is 12.8. The van der Waals surface area contributed by atoms with Crippen LogP contribution in [0, 0.1) is 0 Å². The van der Waals surface area contributed by atoms with E-state index in [4.69, 9.17) is 4.74 Å². The first-order valence-corrected chi connectivity index (χ1v) is 10.0. The zero-order chi connectivity index (χ0) is 19.5. The van der Waals surface area contributed by atoms with Crippen LogP contribution in [0.3, 0.4) is 0 Å². The van der Waals surface area contributed by atoms with Crippen molar-refractivity contribution >= 4 is 17.9 Å². The van der Waals surface area contributed by atoms with Gasteiger partial charge >= 0.3 is 0 Å². The fourth-order valence-corrected chi connectivity index (χ4v) is 4.33. The molecule has 1 aromatic carbocycles. The van der Waals surface area contributed by atoms with E-state index in [0.717, 1.165) is 29.4 Å². The largest absolute Gasteiger partial charge is 0.497 e. The summed E-state index contributed by atoms with van der Waals surface area (Å²) < 4.78 is 7.42. The van der Waals surface area contributed by atoms with Gasteiger partial charge in [-0.1, -0.05) is 18.2 Å². The number of nitrogens with zero attached hydrogens (tertiary/aromatic N) is 3. The molecule has 1 amide bonds. The molecule has 28 heavy (non-hydrogen) atoms. The molecule has 1 aromatic heterocycles. The molecule has 2 aliphatic heterocycles. The third-order valence-corrected chi connectivity index (χ3v) is 6.11. The van der Waals surface area contributed by atoms with Crippen LogP contribution in [0.2, 0.25) is 0 Å². The van der Waals surface area contributed by atoms with Crippen LogP contribution in [0.4, 0.5) is 0 Å². The van der Waals surface area contributed by atoms with Crippen molar-refractivity contribution in [2.45, 2.75) is 10.9 Å². The average Bonchev–Trinajstić information content (AvgIpc) is 2.66. The highest BCUT2D eigenvalue weighted by molar-refractivity contribution is 7.97. The van der Waals surface area contributed by atoms with Gasteiger partial charge in [-0.25, -0.2) is 9.29 Å². The molecule has 7 heteroatoms. The van der Waals surface area contributed by atoms with Crippen molar-refractivity contribution in [3.8, 4) is 5.75 Å². The molecule has 2 saturated heterocycles. The van der Waals surface area contributed by atoms with E-state index in [-0.39, 0.29) is 12.5 Å². The van der Waals surface area contributed by atoms with E-state index < -0.39 is 5.92 Å². The van der Waals surface area contributed by atoms with Crippen molar-refractivity contribution in [1.82, 2.24) is 14.2 Å². The summed E-state index contributed by atoms with van der Waals surface area (Å²) in [6.07, 6.45) is 1.80. The lowest BCUT2D eigenvalue weighted by atomic mass is 9.92. The van der Waals surface area contributed by atoms with Crippen LogP contribution in [0.1, 0.15) is 11.5 Å². The number of hydrogen-bond acceptors (Lipinski definition) is 6. The van der Waals surface area contributed by atoms with Crippen molar-refractivity contribution < 1.29 is 14.6 Å². The van der Waals surface area contributed by atoms with Gasteiger partial charge in [0.15, 0.2) is 0 Å². The number of carbonyl (C=O) groups is 1. The van der Waals surface area contributed by atoms with Crippen LogP contribution >= 0.6 is 11.9 Å². The number of aromatic nitrogens is 1. The predicted octanol–water partition coefficient (Wildman–Crippen LogP) is 2.33. The van der Waals surface area contributed by atoms with Crippen molar-refractivity contribution in [1.29, 1.82) is 0 Å². The highest BCUT2D eigenvalue weighted by Gasteiger charge is 2.35. The number of pyridine rings is 1. The van der Waals surface area contributed by atoms with Crippen LogP contribution < -0.4 is 4.74 Å². The molecule has 2 aromatic rings. The molecule has 0 saturated carbocycles. The summed E-state index contributed by atoms with van der Waals surface area (Å²) >= 11 is 1.67. The molecular formula is C21H23N3O3S. The average molecular weight is 398 g/mol. The molecule has 0 aliphatic carbocycles. The summed E-state index contributed by atoms with van der Waals surface area (Å²) in [5.74, 6) is 0.202. The van der Waals surface area contributed by atoms with Gasteiger partial charge in [-0.2, -0.15) is 0 Å². The molecule has 1 atom stereocenters. The maximum Gasteiger partial charge on any atom is 0.233 e. The maximum absolute atomic E-state index is 12.8. The molecular weight excluding hydrogens is 374 g/mol. The lowest BCUT2D eigenvalue weighted by molar-refractivity contribution is -0.135. The Bertz CT molecular complexity index is 854. The van der Waals surface area contributed by atoms with Gasteiger partial charge in [0, 0.05) is 32.4 Å². The Morgan fingerprint density at radius 1 is 1.14 bits per heavy atom. The van der Waals surface area contributed by atoms with Crippen molar-refractivity contribution in [2.24, 2.45) is 0 Å². The van der Waals surface area contributed by atoms with E-state index in [1.165, 1.54) is 11.1 Å². The number of methoxy groups -OCH3 is 1. The molecule has 3 heterocycles. The molecule has 146 valence electrons. The molecule has 6 nitrogen and oxygen atoms in total. The van der Waals surface area contributed by atoms with Gasteiger partial charge in [-0.05, 0) is 52.9 Å². The summed E-state index contributed by atoms with van der Waals surface area (Å²) in [6, 6.07) is 13.2. The van der Waals surface area contributed by atoms with Crippen molar-refractivity contribution in [2.75, 3.05) is 39.9 Å². The Morgan fingerprint density at radius 3 is 2.46 bits per heavy atom. The van der Waals surface area contributed by atoms with Gasteiger partial charge in [-0.15, -0.1) is 0 Å². The van der Waals surface area contributed by atoms with Crippen molar-refractivity contribution in [3.63, 3.8) is 0 Å². The van der Waals surface area contributed by atoms with E-state index in [1.54, 1.807) is 25.3 Å². The zero-order valence-corrected chi connectivity index (χ0v) is 16.6. The summed E-state index contributed by atoms with van der Waals surface area (Å²) in [6.45, 7) is 2.98.